The third kappa shape index (κ3) is 9.90. The van der Waals surface area contributed by atoms with Crippen LogP contribution >= 0.6 is 0 Å². The van der Waals surface area contributed by atoms with Gasteiger partial charge in [-0.3, -0.25) is 0 Å². The summed E-state index contributed by atoms with van der Waals surface area (Å²) in [6.45, 7) is 6.52. The molecule has 0 N–H and O–H groups in total. The first-order valence-electron chi connectivity index (χ1n) is 27.0. The molecule has 0 radical (unpaired) electrons. The van der Waals surface area contributed by atoms with Gasteiger partial charge in [0.05, 0.1) is 6.04 Å². The van der Waals surface area contributed by atoms with Crippen LogP contribution in [0.1, 0.15) is 43.4 Å². The Morgan fingerprint density at radius 2 is 0.987 bits per heavy atom. The summed E-state index contributed by atoms with van der Waals surface area (Å²) in [5.74, 6) is 0.238. The summed E-state index contributed by atoms with van der Waals surface area (Å²) in [7, 11) is 0. The Morgan fingerprint density at radius 3 is 1.60 bits per heavy atom. The number of nitrogens with zero attached hydrogens (tertiary/aromatic N) is 4. The first-order chi connectivity index (χ1) is 38.0. The molecule has 4 heteroatoms. The minimum atomic E-state index is 0.0881. The van der Waals surface area contributed by atoms with Gasteiger partial charge in [0.2, 0.25) is 0 Å². The monoisotopic (exact) mass is 994 g/mol. The van der Waals surface area contributed by atoms with Crippen molar-refractivity contribution in [3.63, 3.8) is 0 Å². The lowest BCUT2D eigenvalue weighted by atomic mass is 9.91. The number of benzene rings is 9. The zero-order chi connectivity index (χ0) is 52.1. The van der Waals surface area contributed by atoms with Crippen molar-refractivity contribution < 1.29 is 0 Å². The highest BCUT2D eigenvalue weighted by molar-refractivity contribution is 5.85. The van der Waals surface area contributed by atoms with Gasteiger partial charge in [-0.1, -0.05) is 188 Å². The Morgan fingerprint density at radius 1 is 0.481 bits per heavy atom. The Hall–Kier alpha value is -9.38. The van der Waals surface area contributed by atoms with Crippen LogP contribution in [-0.2, 0) is 6.42 Å². The fourth-order valence-electron chi connectivity index (χ4n) is 11.4. The molecule has 3 atom stereocenters. The fourth-order valence-corrected chi connectivity index (χ4v) is 11.4. The molecule has 0 saturated heterocycles. The van der Waals surface area contributed by atoms with E-state index < -0.39 is 0 Å². The molecule has 0 saturated carbocycles. The van der Waals surface area contributed by atoms with Crippen molar-refractivity contribution in [2.75, 3.05) is 19.6 Å². The third-order valence-electron chi connectivity index (χ3n) is 15.3. The number of para-hydroxylation sites is 3. The lowest BCUT2D eigenvalue weighted by Crippen LogP contribution is -2.28. The van der Waals surface area contributed by atoms with Crippen molar-refractivity contribution in [2.45, 2.75) is 45.2 Å². The lowest BCUT2D eigenvalue weighted by Gasteiger charge is -2.31. The minimum Gasteiger partial charge on any atom is -0.335 e. The maximum Gasteiger partial charge on any atom is 0.0629 e. The Kier molecular flexibility index (Phi) is 13.8. The molecule has 0 aromatic heterocycles. The predicted octanol–water partition coefficient (Wildman–Crippen LogP) is 19.6. The molecule has 3 unspecified atom stereocenters. The highest BCUT2D eigenvalue weighted by Gasteiger charge is 2.38. The van der Waals surface area contributed by atoms with Crippen LogP contribution in [0.3, 0.4) is 0 Å². The van der Waals surface area contributed by atoms with E-state index in [1.807, 2.05) is 0 Å². The van der Waals surface area contributed by atoms with Crippen molar-refractivity contribution in [3.8, 4) is 22.3 Å². The van der Waals surface area contributed by atoms with Crippen LogP contribution in [0.25, 0.3) is 27.8 Å². The van der Waals surface area contributed by atoms with E-state index in [1.165, 1.54) is 56.1 Å². The van der Waals surface area contributed by atoms with Crippen LogP contribution < -0.4 is 19.6 Å². The topological polar surface area (TPSA) is 13.0 Å². The molecule has 2 aliphatic heterocycles. The second-order valence-electron chi connectivity index (χ2n) is 20.1. The van der Waals surface area contributed by atoms with Gasteiger partial charge in [0.1, 0.15) is 0 Å². The maximum atomic E-state index is 2.50. The summed E-state index contributed by atoms with van der Waals surface area (Å²) in [5, 5.41) is 0. The van der Waals surface area contributed by atoms with E-state index in [2.05, 4.69) is 332 Å². The van der Waals surface area contributed by atoms with E-state index in [4.69, 9.17) is 0 Å². The molecule has 374 valence electrons. The average Bonchev–Trinajstić information content (AvgIpc) is 3.86. The molecule has 3 aliphatic rings. The third-order valence-corrected chi connectivity index (χ3v) is 15.3. The van der Waals surface area contributed by atoms with Gasteiger partial charge in [-0.15, -0.1) is 0 Å². The summed E-state index contributed by atoms with van der Waals surface area (Å²) >= 11 is 0. The zero-order valence-corrected chi connectivity index (χ0v) is 43.9. The standard InChI is InChI=1S/C73H62N4/c1-4-5-19-53(2)55-31-41-64(42-32-55)75(63-40-30-54(3)74(61-23-11-7-12-24-61)71-28-17-15-22-60(71)39-49-63)65-43-35-58(36-44-65)59-37-47-67(48-38-59)76(66-45-33-57(34-46-66)56-20-9-6-10-21-56)68-50-51-73-70(52-68)69-27-16-18-29-72(69)77(73)62-25-13-8-14-26-62/h4-38,40-52,54,69,72H,39H2,1-3H3/b5-4-,40-30-,53-19+,63-49+. The second kappa shape index (κ2) is 21.8. The molecule has 0 bridgehead atoms. The van der Waals surface area contributed by atoms with Crippen molar-refractivity contribution in [1.29, 1.82) is 0 Å². The summed E-state index contributed by atoms with van der Waals surface area (Å²) in [6.07, 6.45) is 23.3. The first-order valence-corrected chi connectivity index (χ1v) is 27.0. The number of hydrogen-bond donors (Lipinski definition) is 0. The fraction of sp³-hybridized carbons (Fsp3) is 0.0959. The van der Waals surface area contributed by atoms with Gasteiger partial charge in [0.25, 0.3) is 0 Å². The molecule has 9 aromatic carbocycles. The zero-order valence-electron chi connectivity index (χ0n) is 43.9. The molecule has 0 amide bonds. The van der Waals surface area contributed by atoms with Crippen molar-refractivity contribution in [2.24, 2.45) is 0 Å². The van der Waals surface area contributed by atoms with Gasteiger partial charge >= 0.3 is 0 Å². The van der Waals surface area contributed by atoms with E-state index in [0.29, 0.717) is 0 Å². The average molecular weight is 995 g/mol. The van der Waals surface area contributed by atoms with Gasteiger partial charge in [0.15, 0.2) is 0 Å². The molecule has 4 nitrogen and oxygen atoms in total. The van der Waals surface area contributed by atoms with Crippen LogP contribution in [0, 0.1) is 0 Å². The summed E-state index contributed by atoms with van der Waals surface area (Å²) in [5.41, 5.74) is 21.2. The number of rotatable bonds is 12. The summed E-state index contributed by atoms with van der Waals surface area (Å²) in [6, 6.07) is 84.5. The number of hydrogen-bond acceptors (Lipinski definition) is 4. The predicted molar refractivity (Wildman–Crippen MR) is 328 cm³/mol. The van der Waals surface area contributed by atoms with Crippen LogP contribution in [0.15, 0.2) is 297 Å². The minimum absolute atomic E-state index is 0.0881. The summed E-state index contributed by atoms with van der Waals surface area (Å²) in [4.78, 5) is 9.76. The molecule has 12 rings (SSSR count). The molecular formula is C73H62N4. The van der Waals surface area contributed by atoms with Gasteiger partial charge in [-0.05, 0) is 175 Å². The molecular weight excluding hydrogens is 933 g/mol. The highest BCUT2D eigenvalue weighted by atomic mass is 15.2. The normalized spacial score (nSPS) is 17.8. The Labute approximate surface area is 455 Å². The lowest BCUT2D eigenvalue weighted by molar-refractivity contribution is 0.745. The smallest absolute Gasteiger partial charge is 0.0629 e. The van der Waals surface area contributed by atoms with E-state index >= 15 is 0 Å². The Bertz CT molecular complexity index is 3680. The second-order valence-corrected chi connectivity index (χ2v) is 20.1. The maximum absolute atomic E-state index is 2.50. The van der Waals surface area contributed by atoms with Crippen LogP contribution in [0.4, 0.5) is 51.2 Å². The number of fused-ring (bicyclic) bond motifs is 4. The molecule has 9 aromatic rings. The van der Waals surface area contributed by atoms with Gasteiger partial charge in [-0.25, -0.2) is 0 Å². The number of allylic oxidation sites excluding steroid dienone is 8. The number of anilines is 9. The van der Waals surface area contributed by atoms with E-state index in [9.17, 15) is 0 Å². The van der Waals surface area contributed by atoms with Gasteiger partial charge < -0.3 is 19.6 Å². The van der Waals surface area contributed by atoms with Crippen molar-refractivity contribution >= 4 is 56.8 Å². The van der Waals surface area contributed by atoms with Crippen molar-refractivity contribution in [3.05, 3.63) is 314 Å². The highest BCUT2D eigenvalue weighted by Crippen LogP contribution is 2.50. The van der Waals surface area contributed by atoms with Crippen LogP contribution in [0.2, 0.25) is 0 Å². The van der Waals surface area contributed by atoms with E-state index in [-0.39, 0.29) is 18.0 Å². The molecule has 2 heterocycles. The van der Waals surface area contributed by atoms with E-state index in [0.717, 1.165) is 51.7 Å². The SMILES string of the molecule is C/C=C\C=C(/C)c1ccc(N(C2=C/Cc3ccccc3N(c3ccccc3)C(C)/C=C\2)c2ccc(-c3ccc(N(c4ccc(-c5ccccc5)cc4)c4ccc5c(c4)C4C=CC=CC4N5c4ccccc4)cc3)cc2)cc1. The van der Waals surface area contributed by atoms with E-state index in [1.54, 1.807) is 0 Å². The van der Waals surface area contributed by atoms with Gasteiger partial charge in [0, 0.05) is 68.8 Å². The largest absolute Gasteiger partial charge is 0.335 e. The van der Waals surface area contributed by atoms with Crippen LogP contribution in [-0.4, -0.2) is 12.1 Å². The Balaban J connectivity index is 0.897. The molecule has 0 fully saturated rings. The quantitative estimate of drug-likeness (QED) is 0.113. The molecule has 1 aliphatic carbocycles. The molecule has 0 spiro atoms. The molecule has 77 heavy (non-hydrogen) atoms. The van der Waals surface area contributed by atoms with Crippen molar-refractivity contribution in [1.82, 2.24) is 0 Å². The summed E-state index contributed by atoms with van der Waals surface area (Å²) < 4.78 is 0. The van der Waals surface area contributed by atoms with Gasteiger partial charge in [-0.2, -0.15) is 0 Å². The first kappa shape index (κ1) is 48.6. The van der Waals surface area contributed by atoms with Crippen LogP contribution in [0.5, 0.6) is 0 Å².